The molecule has 0 amide bonds. The number of carboxylic acids is 1. The van der Waals surface area contributed by atoms with Crippen LogP contribution in [0.5, 0.6) is 0 Å². The van der Waals surface area contributed by atoms with Gasteiger partial charge in [-0.15, -0.1) is 11.8 Å². The van der Waals surface area contributed by atoms with Crippen molar-refractivity contribution in [3.8, 4) is 11.1 Å². The number of nitrogens with two attached hydrogens (primary N) is 2. The van der Waals surface area contributed by atoms with E-state index < -0.39 is 5.97 Å². The van der Waals surface area contributed by atoms with Gasteiger partial charge in [-0.3, -0.25) is 0 Å². The first-order valence-corrected chi connectivity index (χ1v) is 12.0. The summed E-state index contributed by atoms with van der Waals surface area (Å²) in [7, 11) is 0. The molecule has 0 atom stereocenters. The highest BCUT2D eigenvalue weighted by molar-refractivity contribution is 7.98. The van der Waals surface area contributed by atoms with E-state index in [2.05, 4.69) is 4.98 Å². The van der Waals surface area contributed by atoms with Crippen LogP contribution in [0, 0.1) is 11.2 Å². The number of anilines is 2. The zero-order chi connectivity index (χ0) is 25.7. The summed E-state index contributed by atoms with van der Waals surface area (Å²) >= 11 is 1.60. The highest BCUT2D eigenvalue weighted by atomic mass is 32.2. The fraction of sp³-hybridized carbons (Fsp3) is 0.148. The Hall–Kier alpha value is -3.91. The maximum absolute atomic E-state index is 13.3. The second-order valence-corrected chi connectivity index (χ2v) is 9.00. The molecule has 0 unspecified atom stereocenters. The lowest BCUT2D eigenvalue weighted by atomic mass is 9.91. The van der Waals surface area contributed by atoms with Crippen LogP contribution in [-0.2, 0) is 0 Å². The predicted molar refractivity (Wildman–Crippen MR) is 143 cm³/mol. The van der Waals surface area contributed by atoms with Crippen molar-refractivity contribution in [1.82, 2.24) is 4.98 Å². The molecule has 0 aliphatic heterocycles. The van der Waals surface area contributed by atoms with Crippen molar-refractivity contribution < 1.29 is 14.3 Å². The summed E-state index contributed by atoms with van der Waals surface area (Å²) in [6.07, 6.45) is 3.17. The predicted octanol–water partition coefficient (Wildman–Crippen LogP) is 6.43. The third-order valence-electron chi connectivity index (χ3n) is 5.44. The van der Waals surface area contributed by atoms with Crippen molar-refractivity contribution in [3.05, 3.63) is 83.3 Å². The number of hydrogen-bond acceptors (Lipinski definition) is 6. The SMILES string of the molecule is CC(C)c1nc(N)c2cc(N)c(C=N)cc2c1-c1ccc(F)cc1.CSc1ccc(C(=O)O)cc1. The van der Waals surface area contributed by atoms with Crippen molar-refractivity contribution in [2.24, 2.45) is 0 Å². The summed E-state index contributed by atoms with van der Waals surface area (Å²) in [6, 6.07) is 16.7. The standard InChI is InChI=1S/C19H19FN4.C8H8O2S/c1-10(2)18-17(11-3-5-13(20)6-4-11)14-7-12(9-21)16(22)8-15(14)19(23)24-18;1-11-7-4-2-6(3-5-7)8(9)10/h3-10,21H,22H2,1-2H3,(H2,23,24);2-5H,1H3,(H,9,10). The molecule has 0 spiro atoms. The van der Waals surface area contributed by atoms with Crippen molar-refractivity contribution in [2.45, 2.75) is 24.7 Å². The molecule has 6 N–H and O–H groups in total. The number of aromatic nitrogens is 1. The third-order valence-corrected chi connectivity index (χ3v) is 6.18. The molecule has 6 nitrogen and oxygen atoms in total. The molecule has 4 rings (SSSR count). The van der Waals surface area contributed by atoms with E-state index >= 15 is 0 Å². The van der Waals surface area contributed by atoms with Crippen LogP contribution in [0.2, 0.25) is 0 Å². The first-order valence-electron chi connectivity index (χ1n) is 10.8. The molecule has 180 valence electrons. The van der Waals surface area contributed by atoms with Gasteiger partial charge >= 0.3 is 5.97 Å². The van der Waals surface area contributed by atoms with Crippen LogP contribution in [0.4, 0.5) is 15.9 Å². The Morgan fingerprint density at radius 2 is 1.69 bits per heavy atom. The van der Waals surface area contributed by atoms with E-state index in [1.165, 1.54) is 18.3 Å². The molecule has 1 aromatic heterocycles. The minimum Gasteiger partial charge on any atom is -0.478 e. The Morgan fingerprint density at radius 3 is 2.20 bits per heavy atom. The smallest absolute Gasteiger partial charge is 0.335 e. The average Bonchev–Trinajstić information content (AvgIpc) is 2.85. The number of halogens is 1. The summed E-state index contributed by atoms with van der Waals surface area (Å²) in [5.41, 5.74) is 16.2. The van der Waals surface area contributed by atoms with Gasteiger partial charge in [-0.2, -0.15) is 0 Å². The van der Waals surface area contributed by atoms with Gasteiger partial charge in [0.2, 0.25) is 0 Å². The molecule has 0 aliphatic carbocycles. The van der Waals surface area contributed by atoms with Gasteiger partial charge in [-0.25, -0.2) is 14.2 Å². The van der Waals surface area contributed by atoms with E-state index in [-0.39, 0.29) is 11.7 Å². The summed E-state index contributed by atoms with van der Waals surface area (Å²) in [5, 5.41) is 17.7. The summed E-state index contributed by atoms with van der Waals surface area (Å²) in [4.78, 5) is 16.0. The number of hydrogen-bond donors (Lipinski definition) is 4. The largest absolute Gasteiger partial charge is 0.478 e. The Morgan fingerprint density at radius 1 is 1.06 bits per heavy atom. The van der Waals surface area contributed by atoms with Crippen LogP contribution in [0.1, 0.15) is 41.4 Å². The Labute approximate surface area is 207 Å². The van der Waals surface area contributed by atoms with Crippen molar-refractivity contribution in [1.29, 1.82) is 5.41 Å². The molecule has 35 heavy (non-hydrogen) atoms. The molecule has 0 saturated heterocycles. The Balaban J connectivity index is 0.000000261. The second kappa shape index (κ2) is 11.0. The van der Waals surface area contributed by atoms with E-state index in [0.29, 0.717) is 22.6 Å². The monoisotopic (exact) mass is 490 g/mol. The molecule has 0 fully saturated rings. The Kier molecular flexibility index (Phi) is 8.09. The average molecular weight is 491 g/mol. The van der Waals surface area contributed by atoms with E-state index in [1.54, 1.807) is 54.2 Å². The van der Waals surface area contributed by atoms with E-state index in [9.17, 15) is 9.18 Å². The summed E-state index contributed by atoms with van der Waals surface area (Å²) in [5.74, 6) is -0.625. The lowest BCUT2D eigenvalue weighted by Gasteiger charge is -2.18. The van der Waals surface area contributed by atoms with Crippen molar-refractivity contribution in [3.63, 3.8) is 0 Å². The fourth-order valence-electron chi connectivity index (χ4n) is 3.63. The van der Waals surface area contributed by atoms with Crippen molar-refractivity contribution in [2.75, 3.05) is 17.7 Å². The minimum atomic E-state index is -0.877. The quantitative estimate of drug-likeness (QED) is 0.145. The van der Waals surface area contributed by atoms with Crippen LogP contribution < -0.4 is 11.5 Å². The second-order valence-electron chi connectivity index (χ2n) is 8.12. The number of carboxylic acid groups (broad SMARTS) is 1. The molecule has 0 bridgehead atoms. The number of benzene rings is 3. The zero-order valence-corrected chi connectivity index (χ0v) is 20.5. The first kappa shape index (κ1) is 25.7. The summed E-state index contributed by atoms with van der Waals surface area (Å²) < 4.78 is 13.3. The van der Waals surface area contributed by atoms with Gasteiger partial charge in [0.1, 0.15) is 11.6 Å². The Bertz CT molecular complexity index is 1370. The molecule has 0 radical (unpaired) electrons. The number of thioether (sulfide) groups is 1. The normalized spacial score (nSPS) is 10.7. The number of rotatable bonds is 5. The number of pyridine rings is 1. The number of fused-ring (bicyclic) bond motifs is 1. The fourth-order valence-corrected chi connectivity index (χ4v) is 4.04. The third kappa shape index (κ3) is 5.78. The van der Waals surface area contributed by atoms with Gasteiger partial charge in [-0.05, 0) is 71.7 Å². The van der Waals surface area contributed by atoms with E-state index in [0.717, 1.165) is 32.5 Å². The molecule has 0 saturated carbocycles. The van der Waals surface area contributed by atoms with Gasteiger partial charge in [-0.1, -0.05) is 26.0 Å². The van der Waals surface area contributed by atoms with Crippen LogP contribution in [0.15, 0.2) is 65.6 Å². The zero-order valence-electron chi connectivity index (χ0n) is 19.7. The summed E-state index contributed by atoms with van der Waals surface area (Å²) in [6.45, 7) is 4.07. The van der Waals surface area contributed by atoms with Crippen LogP contribution in [-0.4, -0.2) is 28.5 Å². The molecule has 1 heterocycles. The van der Waals surface area contributed by atoms with Crippen LogP contribution in [0.3, 0.4) is 0 Å². The topological polar surface area (TPSA) is 126 Å². The van der Waals surface area contributed by atoms with Crippen LogP contribution in [0.25, 0.3) is 21.9 Å². The molecule has 0 aliphatic rings. The maximum Gasteiger partial charge on any atom is 0.335 e. The van der Waals surface area contributed by atoms with Gasteiger partial charge in [0.15, 0.2) is 0 Å². The molecule has 4 aromatic rings. The highest BCUT2D eigenvalue weighted by Crippen LogP contribution is 2.38. The number of nitrogen functional groups attached to an aromatic ring is 2. The van der Waals surface area contributed by atoms with E-state index in [4.69, 9.17) is 22.0 Å². The highest BCUT2D eigenvalue weighted by Gasteiger charge is 2.18. The number of carbonyl (C=O) groups is 1. The molecular formula is C27H27FN4O2S. The molecule has 3 aromatic carbocycles. The number of nitrogens with one attached hydrogen (secondary N) is 1. The van der Waals surface area contributed by atoms with Gasteiger partial charge < -0.3 is 22.0 Å². The molecular weight excluding hydrogens is 463 g/mol. The van der Waals surface area contributed by atoms with Gasteiger partial charge in [0, 0.05) is 33.3 Å². The van der Waals surface area contributed by atoms with Crippen molar-refractivity contribution >= 4 is 46.2 Å². The van der Waals surface area contributed by atoms with Gasteiger partial charge in [0.05, 0.1) is 11.3 Å². The minimum absolute atomic E-state index is 0.137. The lowest BCUT2D eigenvalue weighted by Crippen LogP contribution is -2.04. The van der Waals surface area contributed by atoms with E-state index in [1.807, 2.05) is 26.2 Å². The van der Waals surface area contributed by atoms with Crippen LogP contribution >= 0.6 is 11.8 Å². The number of aromatic carboxylic acids is 1. The maximum atomic E-state index is 13.3. The molecule has 8 heteroatoms. The lowest BCUT2D eigenvalue weighted by molar-refractivity contribution is 0.0697. The van der Waals surface area contributed by atoms with Gasteiger partial charge in [0.25, 0.3) is 0 Å². The first-order chi connectivity index (χ1) is 16.7. The number of nitrogens with zero attached hydrogens (tertiary/aromatic N) is 1.